The average Bonchev–Trinajstić information content (AvgIpc) is 3.32. The molecule has 0 saturated carbocycles. The van der Waals surface area contributed by atoms with Gasteiger partial charge in [-0.15, -0.1) is 0 Å². The van der Waals surface area contributed by atoms with Gasteiger partial charge in [0.1, 0.15) is 0 Å². The first-order valence-corrected chi connectivity index (χ1v) is 10.8. The SMILES string of the molecule is CCOc1ccc(CNC(=NC)NC(C)c2cccc(N3CCCC3)c2)cc1OC. The molecule has 2 N–H and O–H groups in total. The van der Waals surface area contributed by atoms with Crippen LogP contribution < -0.4 is 25.0 Å². The molecular weight excluding hydrogens is 376 g/mol. The van der Waals surface area contributed by atoms with E-state index in [1.807, 2.05) is 25.1 Å². The third-order valence-electron chi connectivity index (χ3n) is 5.41. The summed E-state index contributed by atoms with van der Waals surface area (Å²) in [4.78, 5) is 6.85. The molecule has 1 aliphatic rings. The Kier molecular flexibility index (Phi) is 7.82. The fraction of sp³-hybridized carbons (Fsp3) is 0.458. The van der Waals surface area contributed by atoms with Gasteiger partial charge in [-0.25, -0.2) is 0 Å². The highest BCUT2D eigenvalue weighted by molar-refractivity contribution is 5.80. The van der Waals surface area contributed by atoms with Crippen LogP contribution in [0.5, 0.6) is 11.5 Å². The van der Waals surface area contributed by atoms with Crippen molar-refractivity contribution in [1.29, 1.82) is 0 Å². The molecule has 0 aromatic heterocycles. The average molecular weight is 411 g/mol. The number of hydrogen-bond donors (Lipinski definition) is 2. The van der Waals surface area contributed by atoms with Crippen LogP contribution in [0.25, 0.3) is 0 Å². The molecule has 1 atom stereocenters. The van der Waals surface area contributed by atoms with E-state index in [9.17, 15) is 0 Å². The third kappa shape index (κ3) is 5.59. The molecule has 2 aromatic rings. The standard InChI is InChI=1S/C24H34N4O2/c1-5-30-22-12-11-19(15-23(22)29-4)17-26-24(25-3)27-18(2)20-9-8-10-21(16-20)28-13-6-7-14-28/h8-12,15-16,18H,5-7,13-14,17H2,1-4H3,(H2,25,26,27). The van der Waals surface area contributed by atoms with Crippen LogP contribution in [0.3, 0.4) is 0 Å². The normalized spacial score (nSPS) is 15.1. The summed E-state index contributed by atoms with van der Waals surface area (Å²) in [5, 5.41) is 6.89. The molecule has 1 saturated heterocycles. The topological polar surface area (TPSA) is 58.1 Å². The summed E-state index contributed by atoms with van der Waals surface area (Å²) in [5.74, 6) is 2.27. The lowest BCUT2D eigenvalue weighted by Crippen LogP contribution is -2.38. The summed E-state index contributed by atoms with van der Waals surface area (Å²) in [6, 6.07) is 14.9. The van der Waals surface area contributed by atoms with Crippen LogP contribution in [-0.2, 0) is 6.54 Å². The van der Waals surface area contributed by atoms with Crippen LogP contribution >= 0.6 is 0 Å². The van der Waals surface area contributed by atoms with Crippen molar-refractivity contribution >= 4 is 11.6 Å². The predicted molar refractivity (Wildman–Crippen MR) is 124 cm³/mol. The summed E-state index contributed by atoms with van der Waals surface area (Å²) < 4.78 is 11.0. The Labute approximate surface area is 180 Å². The molecule has 162 valence electrons. The van der Waals surface area contributed by atoms with Crippen LogP contribution in [0.1, 0.15) is 43.9 Å². The van der Waals surface area contributed by atoms with Gasteiger partial charge in [0.05, 0.1) is 19.8 Å². The second kappa shape index (κ2) is 10.8. The first-order chi connectivity index (χ1) is 14.6. The number of aliphatic imine (C=N–C) groups is 1. The van der Waals surface area contributed by atoms with Crippen molar-refractivity contribution in [3.8, 4) is 11.5 Å². The molecule has 0 aliphatic carbocycles. The molecule has 2 aromatic carbocycles. The summed E-state index contributed by atoms with van der Waals surface area (Å²) in [5.41, 5.74) is 3.66. The molecule has 1 unspecified atom stereocenters. The molecule has 30 heavy (non-hydrogen) atoms. The number of methoxy groups -OCH3 is 1. The van der Waals surface area contributed by atoms with E-state index in [1.54, 1.807) is 14.2 Å². The molecule has 0 amide bonds. The Morgan fingerprint density at radius 1 is 1.13 bits per heavy atom. The summed E-state index contributed by atoms with van der Waals surface area (Å²) >= 11 is 0. The van der Waals surface area contributed by atoms with Crippen molar-refractivity contribution in [2.45, 2.75) is 39.3 Å². The molecule has 1 aliphatic heterocycles. The molecule has 0 radical (unpaired) electrons. The highest BCUT2D eigenvalue weighted by Gasteiger charge is 2.14. The zero-order valence-corrected chi connectivity index (χ0v) is 18.6. The largest absolute Gasteiger partial charge is 0.493 e. The number of hydrogen-bond acceptors (Lipinski definition) is 4. The van der Waals surface area contributed by atoms with Gasteiger partial charge in [-0.3, -0.25) is 4.99 Å². The number of nitrogens with one attached hydrogen (secondary N) is 2. The van der Waals surface area contributed by atoms with Gasteiger partial charge in [-0.05, 0) is 62.1 Å². The monoisotopic (exact) mass is 410 g/mol. The van der Waals surface area contributed by atoms with Gasteiger partial charge in [-0.2, -0.15) is 0 Å². The van der Waals surface area contributed by atoms with Crippen molar-refractivity contribution in [3.05, 3.63) is 53.6 Å². The van der Waals surface area contributed by atoms with Gasteiger partial charge in [0.15, 0.2) is 17.5 Å². The molecule has 0 bridgehead atoms. The second-order valence-corrected chi connectivity index (χ2v) is 7.50. The zero-order chi connectivity index (χ0) is 21.3. The number of ether oxygens (including phenoxy) is 2. The highest BCUT2D eigenvalue weighted by Crippen LogP contribution is 2.28. The van der Waals surface area contributed by atoms with Gasteiger partial charge in [0.2, 0.25) is 0 Å². The Morgan fingerprint density at radius 3 is 2.63 bits per heavy atom. The van der Waals surface area contributed by atoms with E-state index < -0.39 is 0 Å². The zero-order valence-electron chi connectivity index (χ0n) is 18.6. The minimum atomic E-state index is 0.147. The van der Waals surface area contributed by atoms with E-state index in [2.05, 4.69) is 51.7 Å². The molecule has 0 spiro atoms. The lowest BCUT2D eigenvalue weighted by molar-refractivity contribution is 0.310. The van der Waals surface area contributed by atoms with Crippen LogP contribution in [-0.4, -0.2) is 39.8 Å². The van der Waals surface area contributed by atoms with Gasteiger partial charge in [0.25, 0.3) is 0 Å². The van der Waals surface area contributed by atoms with Crippen LogP contribution in [0.15, 0.2) is 47.5 Å². The smallest absolute Gasteiger partial charge is 0.191 e. The van der Waals surface area contributed by atoms with E-state index in [1.165, 1.54) is 24.1 Å². The minimum absolute atomic E-state index is 0.147. The molecule has 6 nitrogen and oxygen atoms in total. The van der Waals surface area contributed by atoms with E-state index in [4.69, 9.17) is 9.47 Å². The third-order valence-corrected chi connectivity index (χ3v) is 5.41. The Hall–Kier alpha value is -2.89. The Morgan fingerprint density at radius 2 is 1.93 bits per heavy atom. The van der Waals surface area contributed by atoms with Crippen LogP contribution in [0, 0.1) is 0 Å². The van der Waals surface area contributed by atoms with Crippen molar-refractivity contribution in [3.63, 3.8) is 0 Å². The fourth-order valence-electron chi connectivity index (χ4n) is 3.73. The molecule has 1 fully saturated rings. The van der Waals surface area contributed by atoms with Crippen molar-refractivity contribution in [1.82, 2.24) is 10.6 Å². The Balaban J connectivity index is 1.60. The number of anilines is 1. The molecule has 1 heterocycles. The van der Waals surface area contributed by atoms with E-state index in [-0.39, 0.29) is 6.04 Å². The maximum Gasteiger partial charge on any atom is 0.191 e. The van der Waals surface area contributed by atoms with Crippen LogP contribution in [0.2, 0.25) is 0 Å². The maximum atomic E-state index is 5.59. The lowest BCUT2D eigenvalue weighted by atomic mass is 10.1. The number of guanidine groups is 1. The summed E-state index contributed by atoms with van der Waals surface area (Å²) in [6.45, 7) is 7.69. The number of rotatable bonds is 8. The van der Waals surface area contributed by atoms with Gasteiger partial charge in [-0.1, -0.05) is 18.2 Å². The predicted octanol–water partition coefficient (Wildman–Crippen LogP) is 4.12. The first-order valence-electron chi connectivity index (χ1n) is 10.8. The Bertz CT molecular complexity index is 847. The van der Waals surface area contributed by atoms with Crippen molar-refractivity contribution < 1.29 is 9.47 Å². The van der Waals surface area contributed by atoms with E-state index >= 15 is 0 Å². The summed E-state index contributed by atoms with van der Waals surface area (Å²) in [7, 11) is 3.45. The second-order valence-electron chi connectivity index (χ2n) is 7.50. The van der Waals surface area contributed by atoms with Gasteiger partial charge < -0.3 is 25.0 Å². The maximum absolute atomic E-state index is 5.59. The molecular formula is C24H34N4O2. The van der Waals surface area contributed by atoms with Gasteiger partial charge >= 0.3 is 0 Å². The molecule has 3 rings (SSSR count). The van der Waals surface area contributed by atoms with E-state index in [0.717, 1.165) is 36.1 Å². The minimum Gasteiger partial charge on any atom is -0.493 e. The lowest BCUT2D eigenvalue weighted by Gasteiger charge is -2.22. The quantitative estimate of drug-likeness (QED) is 0.506. The van der Waals surface area contributed by atoms with Crippen LogP contribution in [0.4, 0.5) is 5.69 Å². The molecule has 6 heteroatoms. The van der Waals surface area contributed by atoms with E-state index in [0.29, 0.717) is 13.2 Å². The fourth-order valence-corrected chi connectivity index (χ4v) is 3.73. The number of nitrogens with zero attached hydrogens (tertiary/aromatic N) is 2. The first kappa shape index (κ1) is 21.8. The van der Waals surface area contributed by atoms with Crippen molar-refractivity contribution in [2.75, 3.05) is 38.8 Å². The number of benzene rings is 2. The van der Waals surface area contributed by atoms with Gasteiger partial charge in [0, 0.05) is 32.4 Å². The summed E-state index contributed by atoms with van der Waals surface area (Å²) in [6.07, 6.45) is 2.57. The highest BCUT2D eigenvalue weighted by atomic mass is 16.5. The van der Waals surface area contributed by atoms with Crippen molar-refractivity contribution in [2.24, 2.45) is 4.99 Å².